The van der Waals surface area contributed by atoms with Gasteiger partial charge in [0, 0.05) is 6.54 Å². The lowest BCUT2D eigenvalue weighted by molar-refractivity contribution is 1.07. The summed E-state index contributed by atoms with van der Waals surface area (Å²) in [6, 6.07) is 19.4. The average Bonchev–Trinajstić information content (AvgIpc) is 2.47. The maximum absolute atomic E-state index is 5.93. The van der Waals surface area contributed by atoms with Crippen molar-refractivity contribution in [1.29, 1.82) is 0 Å². The van der Waals surface area contributed by atoms with E-state index >= 15 is 0 Å². The van der Waals surface area contributed by atoms with Gasteiger partial charge in [-0.3, -0.25) is 0 Å². The van der Waals surface area contributed by atoms with Gasteiger partial charge in [-0.25, -0.2) is 0 Å². The zero-order valence-corrected chi connectivity index (χ0v) is 12.0. The third kappa shape index (κ3) is 2.10. The molecule has 0 fully saturated rings. The summed E-state index contributed by atoms with van der Waals surface area (Å²) in [5.41, 5.74) is 12.3. The number of nitrogens with two attached hydrogens (primary N) is 1. The van der Waals surface area contributed by atoms with Gasteiger partial charge in [-0.1, -0.05) is 60.2 Å². The Bertz CT molecular complexity index is 772. The van der Waals surface area contributed by atoms with Crippen LogP contribution >= 0.6 is 0 Å². The van der Waals surface area contributed by atoms with E-state index in [-0.39, 0.29) is 0 Å². The molecule has 1 heteroatoms. The van der Waals surface area contributed by atoms with Crippen molar-refractivity contribution in [2.45, 2.75) is 20.4 Å². The van der Waals surface area contributed by atoms with Gasteiger partial charge in [0.15, 0.2) is 0 Å². The molecule has 0 atom stereocenters. The summed E-state index contributed by atoms with van der Waals surface area (Å²) in [5, 5.41) is 2.57. The summed E-state index contributed by atoms with van der Waals surface area (Å²) >= 11 is 0. The van der Waals surface area contributed by atoms with Crippen molar-refractivity contribution in [3.8, 4) is 11.1 Å². The highest BCUT2D eigenvalue weighted by atomic mass is 14.5. The molecular formula is C19H19N. The molecule has 3 rings (SSSR count). The Balaban J connectivity index is 2.40. The Morgan fingerprint density at radius 2 is 1.70 bits per heavy atom. The van der Waals surface area contributed by atoms with Crippen LogP contribution < -0.4 is 5.73 Å². The molecule has 0 aromatic heterocycles. The molecule has 0 spiro atoms. The van der Waals surface area contributed by atoms with Gasteiger partial charge in [0.2, 0.25) is 0 Å². The van der Waals surface area contributed by atoms with Crippen LogP contribution in [0.5, 0.6) is 0 Å². The van der Waals surface area contributed by atoms with Crippen molar-refractivity contribution in [2.75, 3.05) is 0 Å². The van der Waals surface area contributed by atoms with Gasteiger partial charge in [0.05, 0.1) is 0 Å². The molecule has 3 aromatic rings. The first-order valence-corrected chi connectivity index (χ1v) is 6.99. The first-order valence-electron chi connectivity index (χ1n) is 6.99. The fraction of sp³-hybridized carbons (Fsp3) is 0.158. The third-order valence-corrected chi connectivity index (χ3v) is 3.89. The molecule has 0 unspecified atom stereocenters. The van der Waals surface area contributed by atoms with Crippen molar-refractivity contribution < 1.29 is 0 Å². The third-order valence-electron chi connectivity index (χ3n) is 3.89. The predicted molar refractivity (Wildman–Crippen MR) is 86.7 cm³/mol. The Morgan fingerprint density at radius 1 is 0.900 bits per heavy atom. The number of fused-ring (bicyclic) bond motifs is 1. The second-order valence-corrected chi connectivity index (χ2v) is 5.34. The van der Waals surface area contributed by atoms with Crippen LogP contribution in [0.1, 0.15) is 16.7 Å². The average molecular weight is 261 g/mol. The summed E-state index contributed by atoms with van der Waals surface area (Å²) in [4.78, 5) is 0. The summed E-state index contributed by atoms with van der Waals surface area (Å²) in [6.07, 6.45) is 0. The SMILES string of the molecule is Cc1ccc(CN)c(-c2c(C)ccc3ccccc23)c1. The minimum absolute atomic E-state index is 0.568. The van der Waals surface area contributed by atoms with Crippen LogP contribution in [0.2, 0.25) is 0 Å². The standard InChI is InChI=1S/C19H19N/c1-13-7-9-16(12-20)18(11-13)19-14(2)8-10-15-5-3-4-6-17(15)19/h3-11H,12,20H2,1-2H3. The van der Waals surface area contributed by atoms with Crippen LogP contribution in [0.25, 0.3) is 21.9 Å². The first-order chi connectivity index (χ1) is 9.70. The monoisotopic (exact) mass is 261 g/mol. The van der Waals surface area contributed by atoms with Gasteiger partial charge < -0.3 is 5.73 Å². The molecule has 100 valence electrons. The fourth-order valence-electron chi connectivity index (χ4n) is 2.84. The predicted octanol–water partition coefficient (Wildman–Crippen LogP) is 4.58. The zero-order valence-electron chi connectivity index (χ0n) is 12.0. The van der Waals surface area contributed by atoms with Crippen LogP contribution in [-0.2, 0) is 6.54 Å². The Morgan fingerprint density at radius 3 is 2.50 bits per heavy atom. The highest BCUT2D eigenvalue weighted by Crippen LogP contribution is 2.34. The molecular weight excluding hydrogens is 242 g/mol. The lowest BCUT2D eigenvalue weighted by Crippen LogP contribution is -2.00. The summed E-state index contributed by atoms with van der Waals surface area (Å²) < 4.78 is 0. The molecule has 0 aliphatic carbocycles. The van der Waals surface area contributed by atoms with E-state index < -0.39 is 0 Å². The largest absolute Gasteiger partial charge is 0.326 e. The topological polar surface area (TPSA) is 26.0 Å². The molecule has 2 N–H and O–H groups in total. The Kier molecular flexibility index (Phi) is 3.29. The number of benzene rings is 3. The lowest BCUT2D eigenvalue weighted by Gasteiger charge is -2.15. The second-order valence-electron chi connectivity index (χ2n) is 5.34. The molecule has 0 saturated heterocycles. The van der Waals surface area contributed by atoms with Gasteiger partial charge in [0.25, 0.3) is 0 Å². The van der Waals surface area contributed by atoms with Crippen molar-refractivity contribution in [3.63, 3.8) is 0 Å². The highest BCUT2D eigenvalue weighted by Gasteiger charge is 2.11. The number of hydrogen-bond acceptors (Lipinski definition) is 1. The van der Waals surface area contributed by atoms with Gasteiger partial charge in [-0.2, -0.15) is 0 Å². The van der Waals surface area contributed by atoms with Crippen LogP contribution in [0, 0.1) is 13.8 Å². The molecule has 0 aliphatic heterocycles. The molecule has 0 radical (unpaired) electrons. The summed E-state index contributed by atoms with van der Waals surface area (Å²) in [7, 11) is 0. The van der Waals surface area contributed by atoms with Crippen molar-refractivity contribution in [1.82, 2.24) is 0 Å². The molecule has 0 bridgehead atoms. The Hall–Kier alpha value is -2.12. The molecule has 3 aromatic carbocycles. The first kappa shape index (κ1) is 12.9. The van der Waals surface area contributed by atoms with E-state index in [9.17, 15) is 0 Å². The van der Waals surface area contributed by atoms with Crippen molar-refractivity contribution in [2.24, 2.45) is 5.73 Å². The molecule has 0 amide bonds. The van der Waals surface area contributed by atoms with Gasteiger partial charge in [0.1, 0.15) is 0 Å². The van der Waals surface area contributed by atoms with E-state index in [1.54, 1.807) is 0 Å². The van der Waals surface area contributed by atoms with Crippen LogP contribution in [0.15, 0.2) is 54.6 Å². The van der Waals surface area contributed by atoms with Crippen molar-refractivity contribution in [3.05, 3.63) is 71.3 Å². The summed E-state index contributed by atoms with van der Waals surface area (Å²) in [6.45, 7) is 4.87. The maximum Gasteiger partial charge on any atom is 0.0184 e. The minimum Gasteiger partial charge on any atom is -0.326 e. The number of aryl methyl sites for hydroxylation is 2. The minimum atomic E-state index is 0.568. The smallest absolute Gasteiger partial charge is 0.0184 e. The molecule has 0 aliphatic rings. The molecule has 20 heavy (non-hydrogen) atoms. The zero-order chi connectivity index (χ0) is 14.1. The van der Waals surface area contributed by atoms with E-state index in [0.29, 0.717) is 6.54 Å². The van der Waals surface area contributed by atoms with Crippen LogP contribution in [-0.4, -0.2) is 0 Å². The van der Waals surface area contributed by atoms with E-state index in [4.69, 9.17) is 5.73 Å². The normalized spacial score (nSPS) is 10.9. The summed E-state index contributed by atoms with van der Waals surface area (Å²) in [5.74, 6) is 0. The van der Waals surface area contributed by atoms with Gasteiger partial charge in [-0.15, -0.1) is 0 Å². The lowest BCUT2D eigenvalue weighted by atomic mass is 9.90. The van der Waals surface area contributed by atoms with Gasteiger partial charge >= 0.3 is 0 Å². The quantitative estimate of drug-likeness (QED) is 0.717. The molecule has 1 nitrogen and oxygen atoms in total. The van der Waals surface area contributed by atoms with E-state index in [1.165, 1.54) is 38.6 Å². The Labute approximate surface area is 120 Å². The van der Waals surface area contributed by atoms with E-state index in [0.717, 1.165) is 0 Å². The highest BCUT2D eigenvalue weighted by molar-refractivity contribution is 5.99. The molecule has 0 heterocycles. The van der Waals surface area contributed by atoms with E-state index in [1.807, 2.05) is 0 Å². The van der Waals surface area contributed by atoms with E-state index in [2.05, 4.69) is 68.4 Å². The van der Waals surface area contributed by atoms with Crippen molar-refractivity contribution >= 4 is 10.8 Å². The fourth-order valence-corrected chi connectivity index (χ4v) is 2.84. The van der Waals surface area contributed by atoms with Crippen LogP contribution in [0.3, 0.4) is 0 Å². The second kappa shape index (κ2) is 5.10. The number of hydrogen-bond donors (Lipinski definition) is 1. The molecule has 0 saturated carbocycles. The number of rotatable bonds is 2. The van der Waals surface area contributed by atoms with Gasteiger partial charge in [-0.05, 0) is 46.9 Å². The van der Waals surface area contributed by atoms with Crippen LogP contribution in [0.4, 0.5) is 0 Å². The maximum atomic E-state index is 5.93.